The predicted molar refractivity (Wildman–Crippen MR) is 55.6 cm³/mol. The second kappa shape index (κ2) is 3.80. The molecule has 0 fully saturated rings. The number of aromatic nitrogens is 1. The summed E-state index contributed by atoms with van der Waals surface area (Å²) in [7, 11) is 0. The molecule has 1 aromatic carbocycles. The van der Waals surface area contributed by atoms with Gasteiger partial charge in [-0.25, -0.2) is 4.39 Å². The van der Waals surface area contributed by atoms with Crippen LogP contribution in [0.5, 0.6) is 0 Å². The second-order valence-electron chi connectivity index (χ2n) is 3.37. The van der Waals surface area contributed by atoms with E-state index in [0.717, 1.165) is 17.5 Å². The third-order valence-corrected chi connectivity index (χ3v) is 2.40. The second-order valence-corrected chi connectivity index (χ2v) is 3.37. The van der Waals surface area contributed by atoms with Crippen LogP contribution in [0.3, 0.4) is 0 Å². The molecule has 0 saturated heterocycles. The minimum Gasteiger partial charge on any atom is -0.361 e. The lowest BCUT2D eigenvalue weighted by molar-refractivity contribution is 0.617. The van der Waals surface area contributed by atoms with Gasteiger partial charge in [-0.2, -0.15) is 0 Å². The molecular weight excluding hydrogens is 179 g/mol. The van der Waals surface area contributed by atoms with E-state index < -0.39 is 0 Å². The highest BCUT2D eigenvalue weighted by Crippen LogP contribution is 2.20. The van der Waals surface area contributed by atoms with Crippen LogP contribution in [0.25, 0.3) is 10.9 Å². The number of nitrogens with two attached hydrogens (primary N) is 1. The Hall–Kier alpha value is -1.35. The van der Waals surface area contributed by atoms with Gasteiger partial charge in [0.15, 0.2) is 0 Å². The zero-order valence-corrected chi connectivity index (χ0v) is 7.89. The fourth-order valence-electron chi connectivity index (χ4n) is 1.63. The number of nitrogens with one attached hydrogen (secondary N) is 1. The number of H-pyrrole nitrogens is 1. The number of rotatable bonds is 3. The van der Waals surface area contributed by atoms with E-state index in [9.17, 15) is 4.39 Å². The molecule has 1 aromatic heterocycles. The van der Waals surface area contributed by atoms with Crippen molar-refractivity contribution in [2.45, 2.75) is 12.8 Å². The molecular formula is C11H13FN2. The number of aromatic amines is 1. The van der Waals surface area contributed by atoms with E-state index in [1.54, 1.807) is 12.3 Å². The minimum atomic E-state index is -0.114. The summed E-state index contributed by atoms with van der Waals surface area (Å²) in [5.41, 5.74) is 6.99. The Morgan fingerprint density at radius 3 is 2.93 bits per heavy atom. The number of aryl methyl sites for hydroxylation is 1. The molecule has 0 spiro atoms. The first-order chi connectivity index (χ1) is 6.83. The van der Waals surface area contributed by atoms with E-state index in [4.69, 9.17) is 5.73 Å². The molecule has 3 heteroatoms. The van der Waals surface area contributed by atoms with Crippen molar-refractivity contribution in [3.8, 4) is 0 Å². The summed E-state index contributed by atoms with van der Waals surface area (Å²) in [6.45, 7) is 0.602. The molecule has 2 rings (SSSR count). The van der Waals surface area contributed by atoms with Crippen molar-refractivity contribution in [3.05, 3.63) is 35.8 Å². The highest BCUT2D eigenvalue weighted by molar-refractivity contribution is 5.80. The maximum absolute atomic E-state index is 13.8. The number of hydrogen-bond donors (Lipinski definition) is 2. The first kappa shape index (κ1) is 9.21. The van der Waals surface area contributed by atoms with Crippen LogP contribution < -0.4 is 5.73 Å². The van der Waals surface area contributed by atoms with Crippen LogP contribution in [0.4, 0.5) is 4.39 Å². The summed E-state index contributed by atoms with van der Waals surface area (Å²) in [4.78, 5) is 2.98. The van der Waals surface area contributed by atoms with Crippen LogP contribution in [-0.4, -0.2) is 11.5 Å². The summed E-state index contributed by atoms with van der Waals surface area (Å²) in [5, 5.41) is 0.666. The van der Waals surface area contributed by atoms with Crippen molar-refractivity contribution < 1.29 is 4.39 Å². The Labute approximate surface area is 81.9 Å². The van der Waals surface area contributed by atoms with Gasteiger partial charge >= 0.3 is 0 Å². The van der Waals surface area contributed by atoms with E-state index >= 15 is 0 Å². The molecule has 74 valence electrons. The lowest BCUT2D eigenvalue weighted by Crippen LogP contribution is -2.01. The summed E-state index contributed by atoms with van der Waals surface area (Å²) in [5.74, 6) is -0.114. The van der Waals surface area contributed by atoms with Crippen molar-refractivity contribution >= 4 is 10.9 Å². The molecule has 0 saturated carbocycles. The Morgan fingerprint density at radius 2 is 2.14 bits per heavy atom. The maximum Gasteiger partial charge on any atom is 0.135 e. The fraction of sp³-hybridized carbons (Fsp3) is 0.273. The highest BCUT2D eigenvalue weighted by Gasteiger charge is 2.06. The summed E-state index contributed by atoms with van der Waals surface area (Å²) in [6, 6.07) is 5.49. The Morgan fingerprint density at radius 1 is 1.29 bits per heavy atom. The molecule has 0 unspecified atom stereocenters. The van der Waals surface area contributed by atoms with E-state index in [2.05, 4.69) is 4.98 Å². The number of hydrogen-bond acceptors (Lipinski definition) is 1. The van der Waals surface area contributed by atoms with Gasteiger partial charge in [0.05, 0.1) is 0 Å². The van der Waals surface area contributed by atoms with Gasteiger partial charge in [-0.05, 0) is 37.1 Å². The van der Waals surface area contributed by atoms with Gasteiger partial charge in [0.25, 0.3) is 0 Å². The van der Waals surface area contributed by atoms with Gasteiger partial charge in [-0.1, -0.05) is 6.07 Å². The van der Waals surface area contributed by atoms with Crippen LogP contribution in [0.15, 0.2) is 24.4 Å². The molecule has 0 atom stereocenters. The quantitative estimate of drug-likeness (QED) is 0.769. The third kappa shape index (κ3) is 1.51. The Balaban J connectivity index is 2.40. The molecule has 0 bridgehead atoms. The van der Waals surface area contributed by atoms with Gasteiger partial charge in [0.2, 0.25) is 0 Å². The fourth-order valence-corrected chi connectivity index (χ4v) is 1.63. The molecule has 0 amide bonds. The maximum atomic E-state index is 13.8. The normalized spacial score (nSPS) is 11.0. The standard InChI is InChI=1S/C11H13FN2/c12-11-8(2-1-6-13)3-4-10-9(11)5-7-14-10/h3-5,7,14H,1-2,6,13H2. The topological polar surface area (TPSA) is 41.8 Å². The molecule has 2 nitrogen and oxygen atoms in total. The van der Waals surface area contributed by atoms with E-state index in [-0.39, 0.29) is 5.82 Å². The van der Waals surface area contributed by atoms with Crippen molar-refractivity contribution in [1.29, 1.82) is 0 Å². The molecule has 3 N–H and O–H groups in total. The van der Waals surface area contributed by atoms with Crippen LogP contribution in [0, 0.1) is 5.82 Å². The molecule has 0 aliphatic rings. The Bertz CT molecular complexity index is 434. The van der Waals surface area contributed by atoms with Crippen molar-refractivity contribution in [2.75, 3.05) is 6.54 Å². The zero-order chi connectivity index (χ0) is 9.97. The minimum absolute atomic E-state index is 0.114. The molecule has 0 aliphatic heterocycles. The third-order valence-electron chi connectivity index (χ3n) is 2.40. The van der Waals surface area contributed by atoms with Crippen molar-refractivity contribution in [3.63, 3.8) is 0 Å². The van der Waals surface area contributed by atoms with Crippen molar-refractivity contribution in [2.24, 2.45) is 5.73 Å². The number of fused-ring (bicyclic) bond motifs is 1. The van der Waals surface area contributed by atoms with Crippen LogP contribution >= 0.6 is 0 Å². The van der Waals surface area contributed by atoms with Crippen LogP contribution in [0.1, 0.15) is 12.0 Å². The van der Waals surface area contributed by atoms with Gasteiger partial charge in [-0.3, -0.25) is 0 Å². The van der Waals surface area contributed by atoms with E-state index in [1.165, 1.54) is 0 Å². The number of benzene rings is 1. The SMILES string of the molecule is NCCCc1ccc2[nH]ccc2c1F. The van der Waals surface area contributed by atoms with Gasteiger partial charge in [0, 0.05) is 17.1 Å². The molecule has 0 radical (unpaired) electrons. The van der Waals surface area contributed by atoms with Gasteiger partial charge in [0.1, 0.15) is 5.82 Å². The summed E-state index contributed by atoms with van der Waals surface area (Å²) in [6.07, 6.45) is 3.29. The van der Waals surface area contributed by atoms with Gasteiger partial charge < -0.3 is 10.7 Å². The lowest BCUT2D eigenvalue weighted by Gasteiger charge is -2.02. The first-order valence-corrected chi connectivity index (χ1v) is 4.77. The number of halogens is 1. The zero-order valence-electron chi connectivity index (χ0n) is 7.89. The smallest absolute Gasteiger partial charge is 0.135 e. The molecule has 0 aliphatic carbocycles. The molecule has 1 heterocycles. The largest absolute Gasteiger partial charge is 0.361 e. The predicted octanol–water partition coefficient (Wildman–Crippen LogP) is 2.20. The monoisotopic (exact) mass is 192 g/mol. The summed E-state index contributed by atoms with van der Waals surface area (Å²) < 4.78 is 13.8. The van der Waals surface area contributed by atoms with E-state index in [1.807, 2.05) is 12.1 Å². The molecule has 2 aromatic rings. The van der Waals surface area contributed by atoms with Gasteiger partial charge in [-0.15, -0.1) is 0 Å². The van der Waals surface area contributed by atoms with Crippen molar-refractivity contribution in [1.82, 2.24) is 4.98 Å². The Kier molecular flexibility index (Phi) is 2.50. The average Bonchev–Trinajstić information content (AvgIpc) is 2.66. The van der Waals surface area contributed by atoms with Crippen LogP contribution in [0.2, 0.25) is 0 Å². The lowest BCUT2D eigenvalue weighted by atomic mass is 10.1. The van der Waals surface area contributed by atoms with Crippen LogP contribution in [-0.2, 0) is 6.42 Å². The first-order valence-electron chi connectivity index (χ1n) is 4.77. The summed E-state index contributed by atoms with van der Waals surface area (Å²) >= 11 is 0. The van der Waals surface area contributed by atoms with E-state index in [0.29, 0.717) is 18.4 Å². The average molecular weight is 192 g/mol. The molecule has 14 heavy (non-hydrogen) atoms. The highest BCUT2D eigenvalue weighted by atomic mass is 19.1.